The number of anilines is 2. The molecular weight excluding hydrogens is 318 g/mol. The van der Waals surface area contributed by atoms with Gasteiger partial charge in [-0.3, -0.25) is 0 Å². The van der Waals surface area contributed by atoms with Gasteiger partial charge < -0.3 is 20.5 Å². The van der Waals surface area contributed by atoms with Crippen LogP contribution in [-0.4, -0.2) is 30.0 Å². The number of ether oxygens (including phenoxy) is 2. The van der Waals surface area contributed by atoms with Crippen LogP contribution >= 0.6 is 11.6 Å². The summed E-state index contributed by atoms with van der Waals surface area (Å²) in [4.78, 5) is 8.02. The molecule has 6 nitrogen and oxygen atoms in total. The van der Waals surface area contributed by atoms with Crippen LogP contribution in [0.15, 0.2) is 24.4 Å². The number of nitrogens with zero attached hydrogens (tertiary/aromatic N) is 2. The van der Waals surface area contributed by atoms with Crippen LogP contribution in [0.4, 0.5) is 20.3 Å². The van der Waals surface area contributed by atoms with Crippen molar-refractivity contribution < 1.29 is 18.3 Å². The van der Waals surface area contributed by atoms with E-state index in [2.05, 4.69) is 15.3 Å². The number of alkyl halides is 2. The fourth-order valence-corrected chi connectivity index (χ4v) is 1.70. The molecule has 2 heterocycles. The maximum Gasteiger partial charge on any atom is 0.272 e. The number of aromatic nitrogens is 2. The van der Waals surface area contributed by atoms with Crippen molar-refractivity contribution in [3.63, 3.8) is 0 Å². The summed E-state index contributed by atoms with van der Waals surface area (Å²) in [7, 11) is 1.65. The average Bonchev–Trinajstić information content (AvgIpc) is 2.49. The smallest absolute Gasteiger partial charge is 0.272 e. The van der Waals surface area contributed by atoms with Crippen molar-refractivity contribution in [3.05, 3.63) is 29.4 Å². The van der Waals surface area contributed by atoms with Crippen molar-refractivity contribution in [2.45, 2.75) is 6.43 Å². The van der Waals surface area contributed by atoms with Crippen LogP contribution in [0.1, 0.15) is 0 Å². The first-order valence-corrected chi connectivity index (χ1v) is 6.56. The van der Waals surface area contributed by atoms with E-state index in [0.29, 0.717) is 11.5 Å². The lowest BCUT2D eigenvalue weighted by Crippen LogP contribution is -2.08. The van der Waals surface area contributed by atoms with E-state index in [4.69, 9.17) is 26.8 Å². The minimum atomic E-state index is -2.63. The molecule has 0 fully saturated rings. The molecule has 9 heteroatoms. The molecule has 0 saturated carbocycles. The van der Waals surface area contributed by atoms with Crippen LogP contribution in [-0.2, 0) is 0 Å². The minimum absolute atomic E-state index is 0.00238. The first kappa shape index (κ1) is 16.0. The predicted octanol–water partition coefficient (Wildman–Crippen LogP) is 3.19. The van der Waals surface area contributed by atoms with Gasteiger partial charge in [-0.25, -0.2) is 13.8 Å². The van der Waals surface area contributed by atoms with Gasteiger partial charge in [-0.1, -0.05) is 11.6 Å². The average molecular weight is 331 g/mol. The fourth-order valence-electron chi connectivity index (χ4n) is 1.55. The molecule has 0 aliphatic carbocycles. The normalized spacial score (nSPS) is 10.6. The molecule has 0 radical (unpaired) electrons. The maximum absolute atomic E-state index is 12.3. The SMILES string of the molecule is CNc1nc(Oc2ncc(Cl)cc2OCC(F)F)ccc1N. The highest BCUT2D eigenvalue weighted by Gasteiger charge is 2.13. The van der Waals surface area contributed by atoms with Crippen LogP contribution in [0.3, 0.4) is 0 Å². The lowest BCUT2D eigenvalue weighted by molar-refractivity contribution is 0.0804. The van der Waals surface area contributed by atoms with Gasteiger partial charge in [0.25, 0.3) is 12.3 Å². The van der Waals surface area contributed by atoms with E-state index in [1.165, 1.54) is 18.3 Å². The zero-order valence-electron chi connectivity index (χ0n) is 11.5. The molecule has 0 unspecified atom stereocenters. The van der Waals surface area contributed by atoms with E-state index < -0.39 is 13.0 Å². The molecule has 0 amide bonds. The monoisotopic (exact) mass is 330 g/mol. The molecule has 118 valence electrons. The molecule has 3 N–H and O–H groups in total. The second-order valence-electron chi connectivity index (χ2n) is 4.10. The Morgan fingerprint density at radius 1 is 1.41 bits per heavy atom. The Hall–Kier alpha value is -2.35. The van der Waals surface area contributed by atoms with Crippen LogP contribution in [0.2, 0.25) is 5.02 Å². The van der Waals surface area contributed by atoms with E-state index in [1.807, 2.05) is 0 Å². The molecule has 22 heavy (non-hydrogen) atoms. The lowest BCUT2D eigenvalue weighted by atomic mass is 10.4. The van der Waals surface area contributed by atoms with Gasteiger partial charge >= 0.3 is 0 Å². The summed E-state index contributed by atoms with van der Waals surface area (Å²) in [6, 6.07) is 4.44. The van der Waals surface area contributed by atoms with Gasteiger partial charge in [0, 0.05) is 25.4 Å². The van der Waals surface area contributed by atoms with Crippen molar-refractivity contribution >= 4 is 23.1 Å². The molecule has 0 aliphatic rings. The number of hydrogen-bond donors (Lipinski definition) is 2. The molecule has 2 aromatic heterocycles. The summed E-state index contributed by atoms with van der Waals surface area (Å²) in [6.45, 7) is -0.796. The second kappa shape index (κ2) is 7.08. The molecule has 0 aromatic carbocycles. The zero-order valence-corrected chi connectivity index (χ0v) is 12.3. The highest BCUT2D eigenvalue weighted by Crippen LogP contribution is 2.32. The van der Waals surface area contributed by atoms with E-state index in [1.54, 1.807) is 13.1 Å². The lowest BCUT2D eigenvalue weighted by Gasteiger charge is -2.12. The summed E-state index contributed by atoms with van der Waals surface area (Å²) >= 11 is 5.78. The van der Waals surface area contributed by atoms with E-state index in [9.17, 15) is 8.78 Å². The summed E-state index contributed by atoms with van der Waals surface area (Å²) < 4.78 is 34.9. The van der Waals surface area contributed by atoms with Crippen molar-refractivity contribution in [2.24, 2.45) is 0 Å². The van der Waals surface area contributed by atoms with Gasteiger partial charge in [0.1, 0.15) is 6.61 Å². The van der Waals surface area contributed by atoms with E-state index in [-0.39, 0.29) is 22.5 Å². The zero-order chi connectivity index (χ0) is 16.1. The number of pyridine rings is 2. The largest absolute Gasteiger partial charge is 0.482 e. The molecule has 0 atom stereocenters. The summed E-state index contributed by atoms with van der Waals surface area (Å²) in [5.74, 6) is 0.568. The minimum Gasteiger partial charge on any atom is -0.482 e. The first-order chi connectivity index (χ1) is 10.5. The highest BCUT2D eigenvalue weighted by atomic mass is 35.5. The van der Waals surface area contributed by atoms with Gasteiger partial charge in [0.2, 0.25) is 5.88 Å². The van der Waals surface area contributed by atoms with Crippen molar-refractivity contribution in [1.29, 1.82) is 0 Å². The summed E-state index contributed by atoms with van der Waals surface area (Å²) in [5, 5.41) is 3.03. The van der Waals surface area contributed by atoms with Crippen molar-refractivity contribution in [2.75, 3.05) is 24.7 Å². The molecule has 0 saturated heterocycles. The maximum atomic E-state index is 12.3. The molecular formula is C13H13ClF2N4O2. The molecule has 0 spiro atoms. The Labute approximate surface area is 130 Å². The van der Waals surface area contributed by atoms with Crippen LogP contribution in [0, 0.1) is 0 Å². The Morgan fingerprint density at radius 3 is 2.86 bits per heavy atom. The number of rotatable bonds is 6. The van der Waals surface area contributed by atoms with Gasteiger partial charge in [0.05, 0.1) is 10.7 Å². The van der Waals surface area contributed by atoms with Gasteiger partial charge in [-0.05, 0) is 6.07 Å². The standard InChI is InChI=1S/C13H13ClF2N4O2/c1-18-12-8(17)2-3-11(20-12)22-13-9(21-6-10(15)16)4-7(14)5-19-13/h2-5,10H,6,17H2,1H3,(H,18,20). The molecule has 2 rings (SSSR count). The predicted molar refractivity (Wildman–Crippen MR) is 79.0 cm³/mol. The Kier molecular flexibility index (Phi) is 5.16. The van der Waals surface area contributed by atoms with Gasteiger partial charge in [0.15, 0.2) is 11.6 Å². The third-order valence-electron chi connectivity index (χ3n) is 2.49. The Bertz CT molecular complexity index is 658. The Balaban J connectivity index is 2.24. The number of nitrogen functional groups attached to an aromatic ring is 1. The van der Waals surface area contributed by atoms with Crippen molar-refractivity contribution in [3.8, 4) is 17.5 Å². The summed E-state index contributed by atoms with van der Waals surface area (Å²) in [5.41, 5.74) is 6.14. The van der Waals surface area contributed by atoms with E-state index >= 15 is 0 Å². The molecule has 0 bridgehead atoms. The summed E-state index contributed by atoms with van der Waals surface area (Å²) in [6.07, 6.45) is -1.32. The molecule has 0 aliphatic heterocycles. The first-order valence-electron chi connectivity index (χ1n) is 6.18. The van der Waals surface area contributed by atoms with E-state index in [0.717, 1.165) is 0 Å². The molecule has 2 aromatic rings. The van der Waals surface area contributed by atoms with Crippen molar-refractivity contribution in [1.82, 2.24) is 9.97 Å². The number of nitrogens with one attached hydrogen (secondary N) is 1. The number of nitrogens with two attached hydrogens (primary N) is 1. The number of halogens is 3. The Morgan fingerprint density at radius 2 is 2.18 bits per heavy atom. The second-order valence-corrected chi connectivity index (χ2v) is 4.53. The topological polar surface area (TPSA) is 82.3 Å². The number of hydrogen-bond acceptors (Lipinski definition) is 6. The fraction of sp³-hybridized carbons (Fsp3) is 0.231. The van der Waals surface area contributed by atoms with Gasteiger partial charge in [-0.2, -0.15) is 4.98 Å². The van der Waals surface area contributed by atoms with Crippen LogP contribution in [0.5, 0.6) is 17.5 Å². The van der Waals surface area contributed by atoms with Crippen LogP contribution < -0.4 is 20.5 Å². The third-order valence-corrected chi connectivity index (χ3v) is 2.70. The van der Waals surface area contributed by atoms with Crippen LogP contribution in [0.25, 0.3) is 0 Å². The highest BCUT2D eigenvalue weighted by molar-refractivity contribution is 6.30. The van der Waals surface area contributed by atoms with Gasteiger partial charge in [-0.15, -0.1) is 0 Å². The third kappa shape index (κ3) is 4.08. The quantitative estimate of drug-likeness (QED) is 0.846.